The normalized spacial score (nSPS) is 13.6. The van der Waals surface area contributed by atoms with Crippen LogP contribution < -0.4 is 10.4 Å². The zero-order chi connectivity index (χ0) is 14.8. The van der Waals surface area contributed by atoms with E-state index in [4.69, 9.17) is 4.74 Å². The molecule has 1 atom stereocenters. The fourth-order valence-electron chi connectivity index (χ4n) is 2.02. The van der Waals surface area contributed by atoms with Crippen LogP contribution in [0.1, 0.15) is 33.6 Å². The highest BCUT2D eigenvalue weighted by molar-refractivity contribution is 5.80. The second-order valence-electron chi connectivity index (χ2n) is 6.32. The summed E-state index contributed by atoms with van der Waals surface area (Å²) in [4.78, 5) is 16.6. The third kappa shape index (κ3) is 3.87. The Bertz CT molecular complexity index is 622. The molecule has 2 aromatic rings. The molecule has 110 valence electrons. The molecule has 0 aliphatic rings. The maximum Gasteiger partial charge on any atom is 0.323 e. The van der Waals surface area contributed by atoms with Gasteiger partial charge in [-0.2, -0.15) is 0 Å². The Morgan fingerprint density at radius 1 is 1.30 bits per heavy atom. The standard InChI is InChI=1S/C15H22N2O3/c1-15(2,3)8-7-10(18)9-20-12-6-4-5-11-13(12)17-14(19)16-11/h4-6,10,18H,7-9H2,1-3H3,(H2,16,17,19)/t10-/m0/s1. The second kappa shape index (κ2) is 5.71. The van der Waals surface area contributed by atoms with Crippen molar-refractivity contribution in [2.24, 2.45) is 5.41 Å². The predicted molar refractivity (Wildman–Crippen MR) is 79.1 cm³/mol. The number of benzene rings is 1. The lowest BCUT2D eigenvalue weighted by Crippen LogP contribution is -2.20. The molecule has 0 spiro atoms. The summed E-state index contributed by atoms with van der Waals surface area (Å²) in [6.45, 7) is 6.66. The Morgan fingerprint density at radius 3 is 2.75 bits per heavy atom. The van der Waals surface area contributed by atoms with Gasteiger partial charge in [0.25, 0.3) is 0 Å². The number of aromatic amines is 2. The number of H-pyrrole nitrogens is 2. The molecule has 3 N–H and O–H groups in total. The van der Waals surface area contributed by atoms with E-state index in [1.165, 1.54) is 0 Å². The Kier molecular flexibility index (Phi) is 4.18. The Labute approximate surface area is 118 Å². The molecule has 0 amide bonds. The number of imidazole rings is 1. The van der Waals surface area contributed by atoms with Crippen molar-refractivity contribution >= 4 is 11.0 Å². The summed E-state index contributed by atoms with van der Waals surface area (Å²) in [5.41, 5.74) is 1.29. The molecule has 2 rings (SSSR count). The highest BCUT2D eigenvalue weighted by atomic mass is 16.5. The molecule has 0 unspecified atom stereocenters. The van der Waals surface area contributed by atoms with E-state index in [-0.39, 0.29) is 17.7 Å². The number of aliphatic hydroxyl groups excluding tert-OH is 1. The molecule has 0 saturated carbocycles. The van der Waals surface area contributed by atoms with E-state index >= 15 is 0 Å². The SMILES string of the molecule is CC(C)(C)CC[C@H](O)COc1cccc2[nH]c(=O)[nH]c12. The largest absolute Gasteiger partial charge is 0.489 e. The van der Waals surface area contributed by atoms with E-state index in [9.17, 15) is 9.90 Å². The Morgan fingerprint density at radius 2 is 2.05 bits per heavy atom. The van der Waals surface area contributed by atoms with E-state index < -0.39 is 6.10 Å². The van der Waals surface area contributed by atoms with Crippen LogP contribution in [0.25, 0.3) is 11.0 Å². The molecule has 0 radical (unpaired) electrons. The van der Waals surface area contributed by atoms with Gasteiger partial charge in [-0.3, -0.25) is 0 Å². The number of nitrogens with one attached hydrogen (secondary N) is 2. The third-order valence-corrected chi connectivity index (χ3v) is 3.17. The van der Waals surface area contributed by atoms with Crippen LogP contribution in [0.2, 0.25) is 0 Å². The number of fused-ring (bicyclic) bond motifs is 1. The minimum absolute atomic E-state index is 0.201. The molecule has 1 aromatic heterocycles. The van der Waals surface area contributed by atoms with Gasteiger partial charge < -0.3 is 19.8 Å². The summed E-state index contributed by atoms with van der Waals surface area (Å²) in [6, 6.07) is 5.39. The van der Waals surface area contributed by atoms with E-state index in [2.05, 4.69) is 30.7 Å². The molecule has 1 heterocycles. The number of aromatic nitrogens is 2. The molecule has 5 heteroatoms. The fraction of sp³-hybridized carbons (Fsp3) is 0.533. The van der Waals surface area contributed by atoms with Crippen molar-refractivity contribution < 1.29 is 9.84 Å². The Hall–Kier alpha value is -1.75. The van der Waals surface area contributed by atoms with Gasteiger partial charge in [0.05, 0.1) is 11.6 Å². The average Bonchev–Trinajstić information content (AvgIpc) is 2.73. The summed E-state index contributed by atoms with van der Waals surface area (Å²) >= 11 is 0. The van der Waals surface area contributed by atoms with Crippen LogP contribution in [0.15, 0.2) is 23.0 Å². The molecule has 0 fully saturated rings. The molecule has 20 heavy (non-hydrogen) atoms. The van der Waals surface area contributed by atoms with Crippen molar-refractivity contribution in [2.75, 3.05) is 6.61 Å². The second-order valence-corrected chi connectivity index (χ2v) is 6.32. The van der Waals surface area contributed by atoms with Crippen molar-refractivity contribution in [1.82, 2.24) is 9.97 Å². The van der Waals surface area contributed by atoms with Gasteiger partial charge in [0.15, 0.2) is 0 Å². The highest BCUT2D eigenvalue weighted by Crippen LogP contribution is 2.23. The van der Waals surface area contributed by atoms with Gasteiger partial charge in [0.1, 0.15) is 17.9 Å². The molecule has 0 saturated heterocycles. The first kappa shape index (κ1) is 14.7. The summed E-state index contributed by atoms with van der Waals surface area (Å²) in [5.74, 6) is 0.579. The van der Waals surface area contributed by atoms with Crippen LogP contribution in [0.3, 0.4) is 0 Å². The van der Waals surface area contributed by atoms with Gasteiger partial charge in [0, 0.05) is 0 Å². The van der Waals surface area contributed by atoms with Gasteiger partial charge >= 0.3 is 5.69 Å². The zero-order valence-corrected chi connectivity index (χ0v) is 12.2. The number of para-hydroxylation sites is 1. The number of ether oxygens (including phenoxy) is 1. The van der Waals surface area contributed by atoms with Crippen LogP contribution in [-0.4, -0.2) is 27.8 Å². The number of hydrogen-bond acceptors (Lipinski definition) is 3. The number of rotatable bonds is 5. The van der Waals surface area contributed by atoms with Crippen LogP contribution in [-0.2, 0) is 0 Å². The summed E-state index contributed by atoms with van der Waals surface area (Å²) < 4.78 is 5.62. The first-order chi connectivity index (χ1) is 9.35. The summed E-state index contributed by atoms with van der Waals surface area (Å²) in [5, 5.41) is 9.95. The molecule has 0 aliphatic heterocycles. The topological polar surface area (TPSA) is 78.1 Å². The van der Waals surface area contributed by atoms with E-state index in [1.807, 2.05) is 6.07 Å². The lowest BCUT2D eigenvalue weighted by Gasteiger charge is -2.20. The fourth-order valence-corrected chi connectivity index (χ4v) is 2.02. The molecular formula is C15H22N2O3. The number of aliphatic hydroxyl groups is 1. The van der Waals surface area contributed by atoms with E-state index in [0.717, 1.165) is 6.42 Å². The molecular weight excluding hydrogens is 256 g/mol. The van der Waals surface area contributed by atoms with Crippen LogP contribution in [0, 0.1) is 5.41 Å². The third-order valence-electron chi connectivity index (χ3n) is 3.17. The van der Waals surface area contributed by atoms with Crippen molar-refractivity contribution in [3.05, 3.63) is 28.7 Å². The monoisotopic (exact) mass is 278 g/mol. The lowest BCUT2D eigenvalue weighted by atomic mass is 9.89. The number of hydrogen-bond donors (Lipinski definition) is 3. The maximum absolute atomic E-state index is 11.3. The van der Waals surface area contributed by atoms with E-state index in [1.54, 1.807) is 12.1 Å². The van der Waals surface area contributed by atoms with Crippen LogP contribution in [0.5, 0.6) is 5.75 Å². The first-order valence-electron chi connectivity index (χ1n) is 6.87. The lowest BCUT2D eigenvalue weighted by molar-refractivity contribution is 0.0895. The molecule has 0 bridgehead atoms. The minimum atomic E-state index is -0.504. The quantitative estimate of drug-likeness (QED) is 0.786. The van der Waals surface area contributed by atoms with Gasteiger partial charge in [0.2, 0.25) is 0 Å². The van der Waals surface area contributed by atoms with Crippen molar-refractivity contribution in [3.63, 3.8) is 0 Å². The molecule has 0 aliphatic carbocycles. The van der Waals surface area contributed by atoms with Gasteiger partial charge in [-0.05, 0) is 30.4 Å². The van der Waals surface area contributed by atoms with E-state index in [0.29, 0.717) is 23.2 Å². The average molecular weight is 278 g/mol. The van der Waals surface area contributed by atoms with Crippen molar-refractivity contribution in [2.45, 2.75) is 39.7 Å². The minimum Gasteiger partial charge on any atom is -0.489 e. The van der Waals surface area contributed by atoms with Gasteiger partial charge in [-0.1, -0.05) is 26.8 Å². The summed E-state index contributed by atoms with van der Waals surface area (Å²) in [7, 11) is 0. The highest BCUT2D eigenvalue weighted by Gasteiger charge is 2.14. The van der Waals surface area contributed by atoms with Crippen LogP contribution in [0.4, 0.5) is 0 Å². The Balaban J connectivity index is 1.97. The van der Waals surface area contributed by atoms with Crippen molar-refractivity contribution in [3.8, 4) is 5.75 Å². The van der Waals surface area contributed by atoms with Gasteiger partial charge in [-0.15, -0.1) is 0 Å². The zero-order valence-electron chi connectivity index (χ0n) is 12.2. The molecule has 5 nitrogen and oxygen atoms in total. The predicted octanol–water partition coefficient (Wildman–Crippen LogP) is 2.42. The smallest absolute Gasteiger partial charge is 0.323 e. The van der Waals surface area contributed by atoms with Gasteiger partial charge in [-0.25, -0.2) is 4.79 Å². The first-order valence-corrected chi connectivity index (χ1v) is 6.87. The molecule has 1 aromatic carbocycles. The maximum atomic E-state index is 11.3. The summed E-state index contributed by atoms with van der Waals surface area (Å²) in [6.07, 6.45) is 1.13. The van der Waals surface area contributed by atoms with Crippen LogP contribution >= 0.6 is 0 Å². The van der Waals surface area contributed by atoms with Crippen molar-refractivity contribution in [1.29, 1.82) is 0 Å².